The summed E-state index contributed by atoms with van der Waals surface area (Å²) in [5.74, 6) is 1.98. The molecule has 1 saturated heterocycles. The summed E-state index contributed by atoms with van der Waals surface area (Å²) in [4.78, 5) is 0. The lowest BCUT2D eigenvalue weighted by atomic mass is 9.81. The second-order valence-corrected chi connectivity index (χ2v) is 4.48. The van der Waals surface area contributed by atoms with E-state index < -0.39 is 0 Å². The third kappa shape index (κ3) is 1.31. The van der Waals surface area contributed by atoms with Crippen LogP contribution in [0.4, 0.5) is 0 Å². The van der Waals surface area contributed by atoms with Gasteiger partial charge in [0.15, 0.2) is 0 Å². The Morgan fingerprint density at radius 1 is 1.18 bits per heavy atom. The molecular weight excluding hydrogens is 134 g/mol. The molecule has 0 bridgehead atoms. The molecular formula is C10H19N. The number of hydrogen-bond donors (Lipinski definition) is 1. The highest BCUT2D eigenvalue weighted by Gasteiger charge is 2.36. The first-order valence-corrected chi connectivity index (χ1v) is 5.03. The van der Waals surface area contributed by atoms with Crippen molar-refractivity contribution < 1.29 is 0 Å². The van der Waals surface area contributed by atoms with Crippen molar-refractivity contribution in [2.75, 3.05) is 0 Å². The van der Waals surface area contributed by atoms with Crippen LogP contribution < -0.4 is 5.32 Å². The van der Waals surface area contributed by atoms with Gasteiger partial charge in [0.1, 0.15) is 0 Å². The number of hydrogen-bond acceptors (Lipinski definition) is 1. The average molecular weight is 153 g/mol. The van der Waals surface area contributed by atoms with Gasteiger partial charge in [-0.2, -0.15) is 0 Å². The molecule has 0 aromatic heterocycles. The zero-order chi connectivity index (χ0) is 7.84. The first-order chi connectivity index (χ1) is 5.27. The molecule has 0 aromatic carbocycles. The Balaban J connectivity index is 2.04. The molecule has 1 aliphatic heterocycles. The minimum absolute atomic E-state index is 0.768. The Labute approximate surface area is 69.6 Å². The van der Waals surface area contributed by atoms with E-state index >= 15 is 0 Å². The molecule has 0 radical (unpaired) electrons. The van der Waals surface area contributed by atoms with E-state index in [-0.39, 0.29) is 0 Å². The van der Waals surface area contributed by atoms with Crippen LogP contribution in [-0.4, -0.2) is 12.1 Å². The van der Waals surface area contributed by atoms with E-state index in [9.17, 15) is 0 Å². The van der Waals surface area contributed by atoms with Gasteiger partial charge in [-0.05, 0) is 38.0 Å². The van der Waals surface area contributed by atoms with E-state index in [0.29, 0.717) is 0 Å². The zero-order valence-corrected chi connectivity index (χ0v) is 7.64. The normalized spacial score (nSPS) is 50.7. The number of nitrogens with one attached hydrogen (secondary N) is 1. The fourth-order valence-electron chi connectivity index (χ4n) is 3.04. The number of rotatable bonds is 0. The van der Waals surface area contributed by atoms with Gasteiger partial charge in [0.25, 0.3) is 0 Å². The molecule has 64 valence electrons. The highest BCUT2D eigenvalue weighted by molar-refractivity contribution is 4.92. The van der Waals surface area contributed by atoms with Crippen molar-refractivity contribution in [1.29, 1.82) is 0 Å². The van der Waals surface area contributed by atoms with Crippen LogP contribution in [0.25, 0.3) is 0 Å². The first kappa shape index (κ1) is 7.60. The number of piperidine rings is 1. The molecule has 1 aliphatic carbocycles. The van der Waals surface area contributed by atoms with Crippen molar-refractivity contribution in [1.82, 2.24) is 5.32 Å². The van der Waals surface area contributed by atoms with Crippen LogP contribution in [0.15, 0.2) is 0 Å². The smallest absolute Gasteiger partial charge is 0.0100 e. The predicted molar refractivity (Wildman–Crippen MR) is 47.5 cm³/mol. The van der Waals surface area contributed by atoms with E-state index in [4.69, 9.17) is 0 Å². The average Bonchev–Trinajstić information content (AvgIpc) is 2.34. The van der Waals surface area contributed by atoms with Crippen LogP contribution in [0.2, 0.25) is 0 Å². The SMILES string of the molecule is CC1CC(C)C2CCCC2N1. The van der Waals surface area contributed by atoms with Crippen LogP contribution in [0.1, 0.15) is 39.5 Å². The molecule has 0 amide bonds. The largest absolute Gasteiger partial charge is 0.311 e. The Hall–Kier alpha value is -0.0400. The minimum Gasteiger partial charge on any atom is -0.311 e. The van der Waals surface area contributed by atoms with Crippen molar-refractivity contribution in [2.24, 2.45) is 11.8 Å². The molecule has 4 atom stereocenters. The predicted octanol–water partition coefficient (Wildman–Crippen LogP) is 2.17. The fourth-order valence-corrected chi connectivity index (χ4v) is 3.04. The molecule has 0 spiro atoms. The maximum atomic E-state index is 3.71. The van der Waals surface area contributed by atoms with E-state index in [2.05, 4.69) is 19.2 Å². The van der Waals surface area contributed by atoms with Crippen LogP contribution in [0.5, 0.6) is 0 Å². The summed E-state index contributed by atoms with van der Waals surface area (Å²) in [6.45, 7) is 4.76. The Kier molecular flexibility index (Phi) is 1.92. The van der Waals surface area contributed by atoms with Gasteiger partial charge in [-0.25, -0.2) is 0 Å². The van der Waals surface area contributed by atoms with Crippen molar-refractivity contribution in [3.8, 4) is 0 Å². The van der Waals surface area contributed by atoms with Gasteiger partial charge in [0.2, 0.25) is 0 Å². The van der Waals surface area contributed by atoms with Gasteiger partial charge in [-0.3, -0.25) is 0 Å². The molecule has 2 aliphatic rings. The van der Waals surface area contributed by atoms with E-state index in [0.717, 1.165) is 23.9 Å². The van der Waals surface area contributed by atoms with Crippen molar-refractivity contribution in [3.63, 3.8) is 0 Å². The maximum absolute atomic E-state index is 3.71. The molecule has 0 aromatic rings. The second-order valence-electron chi connectivity index (χ2n) is 4.48. The molecule has 1 heterocycles. The summed E-state index contributed by atoms with van der Waals surface area (Å²) in [7, 11) is 0. The van der Waals surface area contributed by atoms with Crippen LogP contribution in [-0.2, 0) is 0 Å². The minimum atomic E-state index is 0.768. The van der Waals surface area contributed by atoms with Crippen molar-refractivity contribution >= 4 is 0 Å². The standard InChI is InChI=1S/C10H19N/c1-7-6-8(2)11-10-5-3-4-9(7)10/h7-11H,3-6H2,1-2H3. The molecule has 2 rings (SSSR count). The lowest BCUT2D eigenvalue weighted by Crippen LogP contribution is -2.47. The molecule has 2 fully saturated rings. The molecule has 1 heteroatoms. The Morgan fingerprint density at radius 3 is 2.82 bits per heavy atom. The summed E-state index contributed by atoms with van der Waals surface area (Å²) < 4.78 is 0. The molecule has 4 unspecified atom stereocenters. The van der Waals surface area contributed by atoms with E-state index in [1.54, 1.807) is 0 Å². The van der Waals surface area contributed by atoms with Crippen LogP contribution in [0, 0.1) is 11.8 Å². The summed E-state index contributed by atoms with van der Waals surface area (Å²) in [5, 5.41) is 3.71. The monoisotopic (exact) mass is 153 g/mol. The Bertz CT molecular complexity index is 144. The lowest BCUT2D eigenvalue weighted by Gasteiger charge is -2.36. The van der Waals surface area contributed by atoms with E-state index in [1.807, 2.05) is 0 Å². The first-order valence-electron chi connectivity index (χ1n) is 5.03. The van der Waals surface area contributed by atoms with Gasteiger partial charge in [0.05, 0.1) is 0 Å². The number of fused-ring (bicyclic) bond motifs is 1. The van der Waals surface area contributed by atoms with Crippen molar-refractivity contribution in [3.05, 3.63) is 0 Å². The van der Waals surface area contributed by atoms with Gasteiger partial charge in [-0.1, -0.05) is 13.3 Å². The van der Waals surface area contributed by atoms with Gasteiger partial charge < -0.3 is 5.32 Å². The molecule has 1 saturated carbocycles. The summed E-state index contributed by atoms with van der Waals surface area (Å²) in [5.41, 5.74) is 0. The van der Waals surface area contributed by atoms with Gasteiger partial charge in [-0.15, -0.1) is 0 Å². The van der Waals surface area contributed by atoms with Crippen LogP contribution in [0.3, 0.4) is 0 Å². The quantitative estimate of drug-likeness (QED) is 0.562. The highest BCUT2D eigenvalue weighted by atomic mass is 15.0. The topological polar surface area (TPSA) is 12.0 Å². The summed E-state index contributed by atoms with van der Waals surface area (Å²) >= 11 is 0. The van der Waals surface area contributed by atoms with E-state index in [1.165, 1.54) is 25.7 Å². The third-order valence-corrected chi connectivity index (χ3v) is 3.52. The maximum Gasteiger partial charge on any atom is 0.0100 e. The molecule has 1 N–H and O–H groups in total. The van der Waals surface area contributed by atoms with Crippen LogP contribution >= 0.6 is 0 Å². The molecule has 1 nitrogen and oxygen atoms in total. The third-order valence-electron chi connectivity index (χ3n) is 3.52. The zero-order valence-electron chi connectivity index (χ0n) is 7.64. The molecule has 11 heavy (non-hydrogen) atoms. The lowest BCUT2D eigenvalue weighted by molar-refractivity contribution is 0.193. The van der Waals surface area contributed by atoms with Crippen molar-refractivity contribution in [2.45, 2.75) is 51.6 Å². The highest BCUT2D eigenvalue weighted by Crippen LogP contribution is 2.37. The fraction of sp³-hybridized carbons (Fsp3) is 1.00. The second kappa shape index (κ2) is 2.78. The Morgan fingerprint density at radius 2 is 2.00 bits per heavy atom. The van der Waals surface area contributed by atoms with Gasteiger partial charge >= 0.3 is 0 Å². The summed E-state index contributed by atoms with van der Waals surface area (Å²) in [6, 6.07) is 1.64. The van der Waals surface area contributed by atoms with Gasteiger partial charge in [0, 0.05) is 12.1 Å². The summed E-state index contributed by atoms with van der Waals surface area (Å²) in [6.07, 6.45) is 5.76.